The molecular formula is C14H23N3O. The molecule has 1 rings (SSSR count). The molecule has 0 aliphatic rings. The fourth-order valence-corrected chi connectivity index (χ4v) is 1.44. The van der Waals surface area contributed by atoms with Crippen molar-refractivity contribution in [2.24, 2.45) is 5.73 Å². The van der Waals surface area contributed by atoms with Crippen molar-refractivity contribution < 1.29 is 4.79 Å². The van der Waals surface area contributed by atoms with Gasteiger partial charge >= 0.3 is 0 Å². The van der Waals surface area contributed by atoms with E-state index in [1.165, 1.54) is 0 Å². The molecule has 0 saturated heterocycles. The zero-order valence-corrected chi connectivity index (χ0v) is 11.4. The number of benzene rings is 1. The minimum Gasteiger partial charge on any atom is -0.351 e. The highest BCUT2D eigenvalue weighted by molar-refractivity contribution is 5.78. The molecule has 0 saturated carbocycles. The molecule has 0 unspecified atom stereocenters. The fourth-order valence-electron chi connectivity index (χ4n) is 1.44. The van der Waals surface area contributed by atoms with Crippen molar-refractivity contribution in [1.29, 1.82) is 0 Å². The van der Waals surface area contributed by atoms with Gasteiger partial charge in [0.05, 0.1) is 6.54 Å². The first-order valence-corrected chi connectivity index (χ1v) is 6.17. The molecule has 4 nitrogen and oxygen atoms in total. The molecule has 0 fully saturated rings. The number of rotatable bonds is 6. The molecule has 0 aliphatic heterocycles. The largest absolute Gasteiger partial charge is 0.351 e. The zero-order chi connectivity index (χ0) is 13.6. The van der Waals surface area contributed by atoms with Crippen LogP contribution in [-0.4, -0.2) is 36.5 Å². The van der Waals surface area contributed by atoms with E-state index in [1.54, 1.807) is 0 Å². The van der Waals surface area contributed by atoms with E-state index in [1.807, 2.05) is 56.1 Å². The molecule has 1 amide bonds. The van der Waals surface area contributed by atoms with E-state index < -0.39 is 0 Å². The van der Waals surface area contributed by atoms with E-state index >= 15 is 0 Å². The summed E-state index contributed by atoms with van der Waals surface area (Å²) in [7, 11) is 1.91. The van der Waals surface area contributed by atoms with Gasteiger partial charge in [-0.25, -0.2) is 0 Å². The second-order valence-corrected chi connectivity index (χ2v) is 5.13. The predicted octanol–water partition coefficient (Wildman–Crippen LogP) is 0.972. The standard InChI is InChI=1S/C14H23N3O/c1-14(2,11-15)17(3)10-13(18)16-9-12-7-5-4-6-8-12/h4-8H,9-11,15H2,1-3H3,(H,16,18). The Morgan fingerprint density at radius 1 is 1.33 bits per heavy atom. The Hall–Kier alpha value is -1.39. The van der Waals surface area contributed by atoms with E-state index in [0.29, 0.717) is 19.6 Å². The molecular weight excluding hydrogens is 226 g/mol. The van der Waals surface area contributed by atoms with Crippen molar-refractivity contribution in [2.75, 3.05) is 20.1 Å². The van der Waals surface area contributed by atoms with Crippen LogP contribution >= 0.6 is 0 Å². The summed E-state index contributed by atoms with van der Waals surface area (Å²) in [5.74, 6) is 0.0166. The summed E-state index contributed by atoms with van der Waals surface area (Å²) in [6.07, 6.45) is 0. The number of likely N-dealkylation sites (N-methyl/N-ethyl adjacent to an activating group) is 1. The summed E-state index contributed by atoms with van der Waals surface area (Å²) in [6, 6.07) is 9.88. The molecule has 1 aromatic rings. The summed E-state index contributed by atoms with van der Waals surface area (Å²) in [6.45, 7) is 5.50. The van der Waals surface area contributed by atoms with Gasteiger partial charge in [-0.15, -0.1) is 0 Å². The van der Waals surface area contributed by atoms with Crippen LogP contribution in [0.4, 0.5) is 0 Å². The van der Waals surface area contributed by atoms with Crippen LogP contribution in [0.15, 0.2) is 30.3 Å². The monoisotopic (exact) mass is 249 g/mol. The molecule has 1 aromatic carbocycles. The SMILES string of the molecule is CN(CC(=O)NCc1ccccc1)C(C)(C)CN. The van der Waals surface area contributed by atoms with Gasteiger partial charge in [-0.2, -0.15) is 0 Å². The molecule has 3 N–H and O–H groups in total. The maximum absolute atomic E-state index is 11.8. The molecule has 18 heavy (non-hydrogen) atoms. The number of hydrogen-bond donors (Lipinski definition) is 2. The molecule has 100 valence electrons. The number of nitrogens with zero attached hydrogens (tertiary/aromatic N) is 1. The Balaban J connectivity index is 2.39. The first-order chi connectivity index (χ1) is 8.45. The third-order valence-corrected chi connectivity index (χ3v) is 3.25. The molecule has 0 aromatic heterocycles. The fraction of sp³-hybridized carbons (Fsp3) is 0.500. The summed E-state index contributed by atoms with van der Waals surface area (Å²) < 4.78 is 0. The third kappa shape index (κ3) is 4.47. The minimum absolute atomic E-state index is 0.0166. The highest BCUT2D eigenvalue weighted by Gasteiger charge is 2.23. The van der Waals surface area contributed by atoms with Crippen molar-refractivity contribution in [3.8, 4) is 0 Å². The number of hydrogen-bond acceptors (Lipinski definition) is 3. The van der Waals surface area contributed by atoms with Crippen molar-refractivity contribution in [3.63, 3.8) is 0 Å². The van der Waals surface area contributed by atoms with Gasteiger partial charge in [0.25, 0.3) is 0 Å². The zero-order valence-electron chi connectivity index (χ0n) is 11.4. The van der Waals surface area contributed by atoms with Gasteiger partial charge in [0, 0.05) is 18.6 Å². The summed E-state index contributed by atoms with van der Waals surface area (Å²) >= 11 is 0. The van der Waals surface area contributed by atoms with Gasteiger partial charge in [-0.3, -0.25) is 9.69 Å². The Kier molecular flexibility index (Phi) is 5.31. The number of nitrogens with one attached hydrogen (secondary N) is 1. The lowest BCUT2D eigenvalue weighted by molar-refractivity contribution is -0.123. The Labute approximate surface area is 109 Å². The van der Waals surface area contributed by atoms with Crippen LogP contribution in [0.5, 0.6) is 0 Å². The van der Waals surface area contributed by atoms with Crippen LogP contribution in [0.3, 0.4) is 0 Å². The number of carbonyl (C=O) groups is 1. The molecule has 0 bridgehead atoms. The highest BCUT2D eigenvalue weighted by Crippen LogP contribution is 2.09. The van der Waals surface area contributed by atoms with E-state index in [-0.39, 0.29) is 11.4 Å². The van der Waals surface area contributed by atoms with Crippen molar-refractivity contribution in [3.05, 3.63) is 35.9 Å². The van der Waals surface area contributed by atoms with Gasteiger partial charge < -0.3 is 11.1 Å². The number of carbonyl (C=O) groups excluding carboxylic acids is 1. The van der Waals surface area contributed by atoms with Crippen LogP contribution in [0.1, 0.15) is 19.4 Å². The molecule has 0 spiro atoms. The normalized spacial score (nSPS) is 11.6. The van der Waals surface area contributed by atoms with Gasteiger partial charge in [0.2, 0.25) is 5.91 Å². The molecule has 0 aliphatic carbocycles. The van der Waals surface area contributed by atoms with E-state index in [4.69, 9.17) is 5.73 Å². The summed E-state index contributed by atoms with van der Waals surface area (Å²) in [5, 5.41) is 2.90. The first kappa shape index (κ1) is 14.7. The Bertz CT molecular complexity index is 376. The average molecular weight is 249 g/mol. The predicted molar refractivity (Wildman–Crippen MR) is 74.1 cm³/mol. The van der Waals surface area contributed by atoms with Crippen LogP contribution in [0.2, 0.25) is 0 Å². The second kappa shape index (κ2) is 6.52. The lowest BCUT2D eigenvalue weighted by Crippen LogP contribution is -2.50. The van der Waals surface area contributed by atoms with Crippen LogP contribution in [0.25, 0.3) is 0 Å². The van der Waals surface area contributed by atoms with Crippen molar-refractivity contribution in [2.45, 2.75) is 25.9 Å². The maximum atomic E-state index is 11.8. The molecule has 0 atom stereocenters. The quantitative estimate of drug-likeness (QED) is 0.790. The van der Waals surface area contributed by atoms with Gasteiger partial charge in [0.15, 0.2) is 0 Å². The van der Waals surface area contributed by atoms with Gasteiger partial charge in [-0.1, -0.05) is 30.3 Å². The summed E-state index contributed by atoms with van der Waals surface area (Å²) in [5.41, 5.74) is 6.62. The first-order valence-electron chi connectivity index (χ1n) is 6.17. The van der Waals surface area contributed by atoms with Crippen LogP contribution < -0.4 is 11.1 Å². The lowest BCUT2D eigenvalue weighted by Gasteiger charge is -2.33. The van der Waals surface area contributed by atoms with E-state index in [2.05, 4.69) is 5.32 Å². The van der Waals surface area contributed by atoms with Gasteiger partial charge in [-0.05, 0) is 26.5 Å². The van der Waals surface area contributed by atoms with E-state index in [0.717, 1.165) is 5.56 Å². The minimum atomic E-state index is -0.163. The molecule has 4 heteroatoms. The summed E-state index contributed by atoms with van der Waals surface area (Å²) in [4.78, 5) is 13.8. The van der Waals surface area contributed by atoms with Crippen LogP contribution in [0, 0.1) is 0 Å². The Morgan fingerprint density at radius 2 is 1.94 bits per heavy atom. The van der Waals surface area contributed by atoms with Gasteiger partial charge in [0.1, 0.15) is 0 Å². The smallest absolute Gasteiger partial charge is 0.234 e. The van der Waals surface area contributed by atoms with Crippen LogP contribution in [-0.2, 0) is 11.3 Å². The van der Waals surface area contributed by atoms with Crippen molar-refractivity contribution >= 4 is 5.91 Å². The second-order valence-electron chi connectivity index (χ2n) is 5.13. The average Bonchev–Trinajstić information content (AvgIpc) is 2.37. The molecule has 0 heterocycles. The lowest BCUT2D eigenvalue weighted by atomic mass is 10.0. The van der Waals surface area contributed by atoms with Crippen molar-refractivity contribution in [1.82, 2.24) is 10.2 Å². The number of amides is 1. The topological polar surface area (TPSA) is 58.4 Å². The number of nitrogens with two attached hydrogens (primary N) is 1. The molecule has 0 radical (unpaired) electrons. The third-order valence-electron chi connectivity index (χ3n) is 3.25. The van der Waals surface area contributed by atoms with E-state index in [9.17, 15) is 4.79 Å². The maximum Gasteiger partial charge on any atom is 0.234 e. The Morgan fingerprint density at radius 3 is 2.50 bits per heavy atom. The highest BCUT2D eigenvalue weighted by atomic mass is 16.2.